The molecule has 0 fully saturated rings. The van der Waals surface area contributed by atoms with E-state index in [2.05, 4.69) is 28.6 Å². The van der Waals surface area contributed by atoms with Crippen LogP contribution in [0, 0.1) is 0 Å². The van der Waals surface area contributed by atoms with Gasteiger partial charge in [-0.05, 0) is 44.1 Å². The van der Waals surface area contributed by atoms with E-state index in [4.69, 9.17) is 4.74 Å². The Morgan fingerprint density at radius 1 is 0.784 bits per heavy atom. The zero-order valence-corrected chi connectivity index (χ0v) is 22.2. The molecule has 0 aliphatic heterocycles. The van der Waals surface area contributed by atoms with Gasteiger partial charge in [-0.1, -0.05) is 60.7 Å². The highest BCUT2D eigenvalue weighted by Crippen LogP contribution is 2.10. The van der Waals surface area contributed by atoms with E-state index in [1.165, 1.54) is 0 Å². The number of aliphatic carboxylic acids is 1. The highest BCUT2D eigenvalue weighted by atomic mass is 32.1. The van der Waals surface area contributed by atoms with Gasteiger partial charge in [0, 0.05) is 12.8 Å². The highest BCUT2D eigenvalue weighted by molar-refractivity contribution is 7.80. The lowest BCUT2D eigenvalue weighted by atomic mass is 10.0. The molecule has 200 valence electrons. The minimum absolute atomic E-state index is 0.118. The number of alkyl carbamates (subject to hydrolysis) is 1. The molecular formula is C27H35N3O6S. The highest BCUT2D eigenvalue weighted by Gasteiger charge is 2.30. The first-order chi connectivity index (χ1) is 17.5. The van der Waals surface area contributed by atoms with E-state index in [0.29, 0.717) is 0 Å². The normalized spacial score (nSPS) is 13.5. The van der Waals surface area contributed by atoms with E-state index in [9.17, 15) is 24.3 Å². The van der Waals surface area contributed by atoms with E-state index >= 15 is 0 Å². The van der Waals surface area contributed by atoms with E-state index in [-0.39, 0.29) is 25.0 Å². The van der Waals surface area contributed by atoms with Crippen LogP contribution in [0.3, 0.4) is 0 Å². The lowest BCUT2D eigenvalue weighted by Crippen LogP contribution is -2.57. The fourth-order valence-corrected chi connectivity index (χ4v) is 3.76. The number of amides is 3. The minimum atomic E-state index is -1.19. The largest absolute Gasteiger partial charge is 0.480 e. The van der Waals surface area contributed by atoms with Crippen LogP contribution in [0.4, 0.5) is 4.79 Å². The van der Waals surface area contributed by atoms with Crippen LogP contribution in [0.1, 0.15) is 38.3 Å². The van der Waals surface area contributed by atoms with Crippen LogP contribution in [-0.2, 0) is 32.0 Å². The number of thiol groups is 1. The summed E-state index contributed by atoms with van der Waals surface area (Å²) in [5.41, 5.74) is 0.790. The topological polar surface area (TPSA) is 134 Å². The summed E-state index contributed by atoms with van der Waals surface area (Å²) in [4.78, 5) is 50.6. The van der Waals surface area contributed by atoms with Crippen LogP contribution >= 0.6 is 12.6 Å². The standard InChI is InChI=1S/C27H35N3O6S/c1-27(2,3)36-26(35)30-22(17-19-12-8-5-9-13-19)24(32)29-21(16-18-10-6-4-7-11-18)23(31)28-20(14-15-37)25(33)34/h4-13,20-22,37H,14-17H2,1-3H3,(H,28,31)(H,29,32)(H,30,35)(H,33,34)/t20-,21-,22-/m0/s1. The lowest BCUT2D eigenvalue weighted by molar-refractivity contribution is -0.142. The Balaban J connectivity index is 2.27. The Morgan fingerprint density at radius 2 is 1.22 bits per heavy atom. The van der Waals surface area contributed by atoms with Gasteiger partial charge in [-0.15, -0.1) is 0 Å². The zero-order valence-electron chi connectivity index (χ0n) is 21.3. The molecule has 3 atom stereocenters. The summed E-state index contributed by atoms with van der Waals surface area (Å²) in [6.45, 7) is 5.13. The van der Waals surface area contributed by atoms with Crippen molar-refractivity contribution in [3.8, 4) is 0 Å². The number of benzene rings is 2. The van der Waals surface area contributed by atoms with E-state index in [1.54, 1.807) is 45.0 Å². The third kappa shape index (κ3) is 10.9. The van der Waals surface area contributed by atoms with E-state index in [0.717, 1.165) is 11.1 Å². The Kier molecular flexibility index (Phi) is 11.5. The van der Waals surface area contributed by atoms with Crippen molar-refractivity contribution in [3.05, 3.63) is 71.8 Å². The van der Waals surface area contributed by atoms with Crippen molar-refractivity contribution in [2.45, 2.75) is 63.8 Å². The summed E-state index contributed by atoms with van der Waals surface area (Å²) in [6.07, 6.45) is -0.376. The lowest BCUT2D eigenvalue weighted by Gasteiger charge is -2.26. The van der Waals surface area contributed by atoms with Crippen molar-refractivity contribution < 1.29 is 29.0 Å². The first-order valence-corrected chi connectivity index (χ1v) is 12.6. The fraction of sp³-hybridized carbons (Fsp3) is 0.407. The predicted molar refractivity (Wildman–Crippen MR) is 143 cm³/mol. The zero-order chi connectivity index (χ0) is 27.4. The molecule has 10 heteroatoms. The maximum Gasteiger partial charge on any atom is 0.408 e. The second-order valence-electron chi connectivity index (χ2n) is 9.55. The number of rotatable bonds is 12. The monoisotopic (exact) mass is 529 g/mol. The number of nitrogens with one attached hydrogen (secondary N) is 3. The molecule has 3 amide bonds. The van der Waals surface area contributed by atoms with E-state index in [1.807, 2.05) is 36.4 Å². The SMILES string of the molecule is CC(C)(C)OC(=O)N[C@@H](Cc1ccccc1)C(=O)N[C@@H](Cc1ccccc1)C(=O)N[C@@H](CCS)C(=O)O. The molecule has 0 spiro atoms. The van der Waals surface area contributed by atoms with Crippen molar-refractivity contribution in [1.29, 1.82) is 0 Å². The van der Waals surface area contributed by atoms with Crippen molar-refractivity contribution >= 4 is 36.5 Å². The van der Waals surface area contributed by atoms with Crippen LogP contribution in [0.5, 0.6) is 0 Å². The van der Waals surface area contributed by atoms with Gasteiger partial charge in [0.05, 0.1) is 0 Å². The molecule has 0 radical (unpaired) electrons. The summed E-state index contributed by atoms with van der Waals surface area (Å²) in [5, 5.41) is 17.3. The Labute approximate surface area is 222 Å². The number of carboxylic acids is 1. The van der Waals surface area contributed by atoms with Crippen molar-refractivity contribution in [3.63, 3.8) is 0 Å². The van der Waals surface area contributed by atoms with Crippen molar-refractivity contribution in [1.82, 2.24) is 16.0 Å². The molecule has 0 aromatic heterocycles. The van der Waals surface area contributed by atoms with Crippen LogP contribution < -0.4 is 16.0 Å². The van der Waals surface area contributed by atoms with Gasteiger partial charge in [0.2, 0.25) is 11.8 Å². The van der Waals surface area contributed by atoms with Crippen LogP contribution in [-0.4, -0.2) is 58.5 Å². The molecular weight excluding hydrogens is 494 g/mol. The number of ether oxygens (including phenoxy) is 1. The fourth-order valence-electron chi connectivity index (χ4n) is 3.50. The van der Waals surface area contributed by atoms with Gasteiger partial charge in [-0.25, -0.2) is 9.59 Å². The number of hydrogen-bond acceptors (Lipinski definition) is 6. The van der Waals surface area contributed by atoms with Gasteiger partial charge < -0.3 is 25.8 Å². The summed E-state index contributed by atoms with van der Waals surface area (Å²) in [5.74, 6) is -2.19. The molecule has 0 saturated carbocycles. The summed E-state index contributed by atoms with van der Waals surface area (Å²) < 4.78 is 5.33. The third-order valence-electron chi connectivity index (χ3n) is 5.24. The molecule has 0 heterocycles. The van der Waals surface area contributed by atoms with Gasteiger partial charge >= 0.3 is 12.1 Å². The van der Waals surface area contributed by atoms with Gasteiger partial charge in [-0.2, -0.15) is 12.6 Å². The van der Waals surface area contributed by atoms with E-state index < -0.39 is 47.6 Å². The Bertz CT molecular complexity index is 1040. The molecule has 0 bridgehead atoms. The minimum Gasteiger partial charge on any atom is -0.480 e. The first kappa shape index (κ1) is 29.7. The Hall–Kier alpha value is -3.53. The maximum absolute atomic E-state index is 13.4. The molecule has 2 aromatic carbocycles. The molecule has 0 unspecified atom stereocenters. The van der Waals surface area contributed by atoms with Crippen LogP contribution in [0.15, 0.2) is 60.7 Å². The number of carboxylic acid groups (broad SMARTS) is 1. The van der Waals surface area contributed by atoms with Crippen LogP contribution in [0.25, 0.3) is 0 Å². The Morgan fingerprint density at radius 3 is 1.62 bits per heavy atom. The second-order valence-corrected chi connectivity index (χ2v) is 10.00. The van der Waals surface area contributed by atoms with Crippen molar-refractivity contribution in [2.75, 3.05) is 5.75 Å². The summed E-state index contributed by atoms with van der Waals surface area (Å²) in [6, 6.07) is 14.9. The second kappa shape index (κ2) is 14.3. The molecule has 0 aliphatic rings. The molecule has 37 heavy (non-hydrogen) atoms. The molecule has 4 N–H and O–H groups in total. The molecule has 2 aromatic rings. The van der Waals surface area contributed by atoms with Crippen LogP contribution in [0.2, 0.25) is 0 Å². The average molecular weight is 530 g/mol. The van der Waals surface area contributed by atoms with Gasteiger partial charge in [0.15, 0.2) is 0 Å². The number of carbonyl (C=O) groups excluding carboxylic acids is 3. The number of carbonyl (C=O) groups is 4. The average Bonchev–Trinajstić information content (AvgIpc) is 2.83. The van der Waals surface area contributed by atoms with Gasteiger partial charge in [-0.3, -0.25) is 9.59 Å². The maximum atomic E-state index is 13.4. The quantitative estimate of drug-likeness (QED) is 0.269. The molecule has 0 saturated heterocycles. The summed E-state index contributed by atoms with van der Waals surface area (Å²) >= 11 is 4.06. The molecule has 2 rings (SSSR count). The van der Waals surface area contributed by atoms with Gasteiger partial charge in [0.1, 0.15) is 23.7 Å². The molecule has 9 nitrogen and oxygen atoms in total. The molecule has 0 aliphatic carbocycles. The van der Waals surface area contributed by atoms with Gasteiger partial charge in [0.25, 0.3) is 0 Å². The smallest absolute Gasteiger partial charge is 0.408 e. The first-order valence-electron chi connectivity index (χ1n) is 12.0. The predicted octanol–water partition coefficient (Wildman–Crippen LogP) is 2.74. The third-order valence-corrected chi connectivity index (χ3v) is 5.50. The summed E-state index contributed by atoms with van der Waals surface area (Å²) in [7, 11) is 0. The van der Waals surface area contributed by atoms with Crippen molar-refractivity contribution in [2.24, 2.45) is 0 Å². The number of hydrogen-bond donors (Lipinski definition) is 5.